The van der Waals surface area contributed by atoms with Gasteiger partial charge in [0, 0.05) is 17.1 Å². The smallest absolute Gasteiger partial charge is 0.326 e. The SMILES string of the molecule is CSc1ccc(NC(=O)N2CCC[C@H]2C(=O)O)cc1. The molecule has 0 unspecified atom stereocenters. The number of urea groups is 1. The minimum atomic E-state index is -0.939. The molecule has 1 aromatic rings. The molecule has 1 aliphatic rings. The van der Waals surface area contributed by atoms with Gasteiger partial charge in [0.1, 0.15) is 6.04 Å². The number of nitrogens with one attached hydrogen (secondary N) is 1. The Bertz CT molecular complexity index is 475. The molecule has 0 aliphatic carbocycles. The number of likely N-dealkylation sites (tertiary alicyclic amines) is 1. The van der Waals surface area contributed by atoms with Gasteiger partial charge in [0.15, 0.2) is 0 Å². The predicted octanol–water partition coefficient (Wildman–Crippen LogP) is 2.49. The van der Waals surface area contributed by atoms with Gasteiger partial charge in [-0.05, 0) is 43.4 Å². The van der Waals surface area contributed by atoms with Crippen molar-refractivity contribution in [2.75, 3.05) is 18.1 Å². The Hall–Kier alpha value is -1.69. The van der Waals surface area contributed by atoms with Crippen molar-refractivity contribution in [3.63, 3.8) is 0 Å². The highest BCUT2D eigenvalue weighted by molar-refractivity contribution is 7.98. The summed E-state index contributed by atoms with van der Waals surface area (Å²) in [5, 5.41) is 11.8. The molecule has 1 heterocycles. The summed E-state index contributed by atoms with van der Waals surface area (Å²) in [4.78, 5) is 25.6. The van der Waals surface area contributed by atoms with Gasteiger partial charge in [0.25, 0.3) is 0 Å². The highest BCUT2D eigenvalue weighted by Crippen LogP contribution is 2.21. The number of carbonyl (C=O) groups is 2. The molecule has 1 aliphatic heterocycles. The summed E-state index contributed by atoms with van der Waals surface area (Å²) >= 11 is 1.63. The molecule has 1 saturated heterocycles. The Kier molecular flexibility index (Phi) is 4.31. The summed E-state index contributed by atoms with van der Waals surface area (Å²) in [6.07, 6.45) is 3.24. The van der Waals surface area contributed by atoms with E-state index in [1.807, 2.05) is 30.5 Å². The quantitative estimate of drug-likeness (QED) is 0.835. The fraction of sp³-hybridized carbons (Fsp3) is 0.385. The zero-order valence-corrected chi connectivity index (χ0v) is 11.4. The molecule has 1 atom stereocenters. The number of hydrogen-bond donors (Lipinski definition) is 2. The van der Waals surface area contributed by atoms with Gasteiger partial charge in [-0.25, -0.2) is 9.59 Å². The second kappa shape index (κ2) is 5.97. The van der Waals surface area contributed by atoms with E-state index in [1.165, 1.54) is 4.90 Å². The Morgan fingerprint density at radius 2 is 2.05 bits per heavy atom. The molecule has 19 heavy (non-hydrogen) atoms. The molecule has 5 nitrogen and oxygen atoms in total. The van der Waals surface area contributed by atoms with Crippen molar-refractivity contribution in [2.24, 2.45) is 0 Å². The summed E-state index contributed by atoms with van der Waals surface area (Å²) in [7, 11) is 0. The van der Waals surface area contributed by atoms with Crippen molar-refractivity contribution in [1.29, 1.82) is 0 Å². The molecule has 2 amide bonds. The van der Waals surface area contributed by atoms with Crippen LogP contribution in [0.4, 0.5) is 10.5 Å². The lowest BCUT2D eigenvalue weighted by atomic mass is 10.2. The minimum absolute atomic E-state index is 0.346. The number of carbonyl (C=O) groups excluding carboxylic acids is 1. The van der Waals surface area contributed by atoms with Crippen LogP contribution in [0, 0.1) is 0 Å². The number of carboxylic acids is 1. The zero-order chi connectivity index (χ0) is 13.8. The maximum atomic E-state index is 12.0. The monoisotopic (exact) mass is 280 g/mol. The van der Waals surface area contributed by atoms with Crippen molar-refractivity contribution in [3.8, 4) is 0 Å². The Morgan fingerprint density at radius 3 is 2.63 bits per heavy atom. The fourth-order valence-corrected chi connectivity index (χ4v) is 2.54. The molecule has 102 valence electrons. The van der Waals surface area contributed by atoms with Crippen molar-refractivity contribution in [1.82, 2.24) is 4.90 Å². The van der Waals surface area contributed by atoms with Crippen LogP contribution >= 0.6 is 11.8 Å². The fourth-order valence-electron chi connectivity index (χ4n) is 2.14. The Labute approximate surface area is 116 Å². The molecule has 2 rings (SSSR count). The van der Waals surface area contributed by atoms with Crippen molar-refractivity contribution >= 4 is 29.4 Å². The number of benzene rings is 1. The van der Waals surface area contributed by atoms with Gasteiger partial charge in [0.05, 0.1) is 0 Å². The number of aliphatic carboxylic acids is 1. The lowest BCUT2D eigenvalue weighted by Gasteiger charge is -2.21. The van der Waals surface area contributed by atoms with E-state index in [1.54, 1.807) is 11.8 Å². The highest BCUT2D eigenvalue weighted by atomic mass is 32.2. The van der Waals surface area contributed by atoms with Crippen molar-refractivity contribution in [2.45, 2.75) is 23.8 Å². The third kappa shape index (κ3) is 3.20. The van der Waals surface area contributed by atoms with E-state index in [-0.39, 0.29) is 6.03 Å². The lowest BCUT2D eigenvalue weighted by Crippen LogP contribution is -2.42. The lowest BCUT2D eigenvalue weighted by molar-refractivity contribution is -0.141. The van der Waals surface area contributed by atoms with Crippen LogP contribution in [0.1, 0.15) is 12.8 Å². The van der Waals surface area contributed by atoms with E-state index in [2.05, 4.69) is 5.32 Å². The van der Waals surface area contributed by atoms with Gasteiger partial charge in [-0.3, -0.25) is 0 Å². The van der Waals surface area contributed by atoms with E-state index >= 15 is 0 Å². The molecular formula is C13H16N2O3S. The van der Waals surface area contributed by atoms with E-state index in [0.29, 0.717) is 18.7 Å². The highest BCUT2D eigenvalue weighted by Gasteiger charge is 2.33. The standard InChI is InChI=1S/C13H16N2O3S/c1-19-10-6-4-9(5-7-10)14-13(18)15-8-2-3-11(15)12(16)17/h4-7,11H,2-3,8H2,1H3,(H,14,18)(H,16,17)/t11-/m0/s1. The molecule has 0 radical (unpaired) electrons. The minimum Gasteiger partial charge on any atom is -0.480 e. The maximum Gasteiger partial charge on any atom is 0.326 e. The zero-order valence-electron chi connectivity index (χ0n) is 10.6. The summed E-state index contributed by atoms with van der Waals surface area (Å²) < 4.78 is 0. The number of amides is 2. The summed E-state index contributed by atoms with van der Waals surface area (Å²) in [6, 6.07) is 6.41. The van der Waals surface area contributed by atoms with Crippen LogP contribution in [0.15, 0.2) is 29.2 Å². The Balaban J connectivity index is 2.01. The molecular weight excluding hydrogens is 264 g/mol. The third-order valence-electron chi connectivity index (χ3n) is 3.14. The van der Waals surface area contributed by atoms with E-state index in [4.69, 9.17) is 5.11 Å². The number of nitrogens with zero attached hydrogens (tertiary/aromatic N) is 1. The van der Waals surface area contributed by atoms with Gasteiger partial charge in [-0.1, -0.05) is 0 Å². The first kappa shape index (κ1) is 13.7. The molecule has 1 aromatic carbocycles. The molecule has 1 fully saturated rings. The van der Waals surface area contributed by atoms with Crippen LogP contribution in [0.5, 0.6) is 0 Å². The molecule has 6 heteroatoms. The molecule has 0 bridgehead atoms. The van der Waals surface area contributed by atoms with Gasteiger partial charge in [-0.2, -0.15) is 0 Å². The van der Waals surface area contributed by atoms with E-state index in [9.17, 15) is 9.59 Å². The first-order chi connectivity index (χ1) is 9.11. The number of anilines is 1. The maximum absolute atomic E-state index is 12.0. The van der Waals surface area contributed by atoms with Crippen LogP contribution in [-0.4, -0.2) is 40.8 Å². The average molecular weight is 280 g/mol. The van der Waals surface area contributed by atoms with E-state index in [0.717, 1.165) is 11.3 Å². The summed E-state index contributed by atoms with van der Waals surface area (Å²) in [5.74, 6) is -0.939. The first-order valence-corrected chi connectivity index (χ1v) is 7.29. The van der Waals surface area contributed by atoms with Gasteiger partial charge >= 0.3 is 12.0 Å². The van der Waals surface area contributed by atoms with Gasteiger partial charge < -0.3 is 15.3 Å². The molecule has 0 aromatic heterocycles. The summed E-state index contributed by atoms with van der Waals surface area (Å²) in [6.45, 7) is 0.492. The van der Waals surface area contributed by atoms with E-state index < -0.39 is 12.0 Å². The first-order valence-electron chi connectivity index (χ1n) is 6.06. The van der Waals surface area contributed by atoms with Gasteiger partial charge in [0.2, 0.25) is 0 Å². The van der Waals surface area contributed by atoms with Crippen LogP contribution in [-0.2, 0) is 4.79 Å². The van der Waals surface area contributed by atoms with Crippen LogP contribution < -0.4 is 5.32 Å². The number of carboxylic acid groups (broad SMARTS) is 1. The Morgan fingerprint density at radius 1 is 1.37 bits per heavy atom. The largest absolute Gasteiger partial charge is 0.480 e. The van der Waals surface area contributed by atoms with Crippen LogP contribution in [0.3, 0.4) is 0 Å². The number of hydrogen-bond acceptors (Lipinski definition) is 3. The predicted molar refractivity (Wildman–Crippen MR) is 74.6 cm³/mol. The third-order valence-corrected chi connectivity index (χ3v) is 3.88. The van der Waals surface area contributed by atoms with Gasteiger partial charge in [-0.15, -0.1) is 11.8 Å². The van der Waals surface area contributed by atoms with Crippen LogP contribution in [0.2, 0.25) is 0 Å². The number of rotatable bonds is 3. The molecule has 2 N–H and O–H groups in total. The second-order valence-electron chi connectivity index (χ2n) is 4.35. The normalized spacial score (nSPS) is 18.4. The second-order valence-corrected chi connectivity index (χ2v) is 5.23. The van der Waals surface area contributed by atoms with Crippen LogP contribution in [0.25, 0.3) is 0 Å². The molecule has 0 saturated carbocycles. The summed E-state index contributed by atoms with van der Waals surface area (Å²) in [5.41, 5.74) is 0.679. The number of thioether (sulfide) groups is 1. The molecule has 0 spiro atoms. The topological polar surface area (TPSA) is 69.6 Å². The van der Waals surface area contributed by atoms with Crippen molar-refractivity contribution < 1.29 is 14.7 Å². The van der Waals surface area contributed by atoms with Crippen molar-refractivity contribution in [3.05, 3.63) is 24.3 Å². The average Bonchev–Trinajstić information content (AvgIpc) is 2.89.